The van der Waals surface area contributed by atoms with E-state index >= 15 is 0 Å². The van der Waals surface area contributed by atoms with Gasteiger partial charge in [-0.15, -0.1) is 24.8 Å². The van der Waals surface area contributed by atoms with Crippen molar-refractivity contribution in [3.8, 4) is 0 Å². The second-order valence-corrected chi connectivity index (χ2v) is 7.43. The zero-order chi connectivity index (χ0) is 16.5. The Labute approximate surface area is 169 Å². The Morgan fingerprint density at radius 2 is 2.08 bits per heavy atom. The van der Waals surface area contributed by atoms with E-state index in [9.17, 15) is 4.79 Å². The van der Waals surface area contributed by atoms with Crippen molar-refractivity contribution < 1.29 is 9.53 Å². The van der Waals surface area contributed by atoms with Crippen LogP contribution in [0.4, 0.5) is 10.8 Å². The summed E-state index contributed by atoms with van der Waals surface area (Å²) in [6.45, 7) is 2.64. The van der Waals surface area contributed by atoms with Crippen LogP contribution in [-0.2, 0) is 9.53 Å². The molecular formula is C17H24Cl2N4O2S. The van der Waals surface area contributed by atoms with Gasteiger partial charge in [0.05, 0.1) is 16.3 Å². The molecule has 6 nitrogen and oxygen atoms in total. The highest BCUT2D eigenvalue weighted by Gasteiger charge is 2.29. The number of ether oxygens (including phenoxy) is 1. The van der Waals surface area contributed by atoms with E-state index < -0.39 is 6.10 Å². The molecule has 9 heteroatoms. The number of thiazole rings is 1. The topological polar surface area (TPSA) is 80.5 Å². The van der Waals surface area contributed by atoms with E-state index in [4.69, 9.17) is 15.5 Å². The average Bonchev–Trinajstić information content (AvgIpc) is 3.32. The first-order valence-corrected chi connectivity index (χ1v) is 9.36. The fourth-order valence-corrected chi connectivity index (χ4v) is 4.39. The Morgan fingerprint density at radius 1 is 1.31 bits per heavy atom. The molecule has 26 heavy (non-hydrogen) atoms. The molecule has 2 fully saturated rings. The Balaban J connectivity index is 0.00000121. The van der Waals surface area contributed by atoms with Gasteiger partial charge >= 0.3 is 0 Å². The predicted molar refractivity (Wildman–Crippen MR) is 111 cm³/mol. The van der Waals surface area contributed by atoms with Gasteiger partial charge in [0, 0.05) is 25.3 Å². The van der Waals surface area contributed by atoms with Gasteiger partial charge in [0.2, 0.25) is 0 Å². The lowest BCUT2D eigenvalue weighted by atomic mass is 10.2. The number of halogens is 2. The molecular weight excluding hydrogens is 395 g/mol. The summed E-state index contributed by atoms with van der Waals surface area (Å²) in [6.07, 6.45) is 3.67. The van der Waals surface area contributed by atoms with E-state index in [1.165, 1.54) is 12.8 Å². The number of hydrogen-bond acceptors (Lipinski definition) is 6. The van der Waals surface area contributed by atoms with Crippen LogP contribution in [0, 0.1) is 0 Å². The van der Waals surface area contributed by atoms with Gasteiger partial charge in [0.25, 0.3) is 5.91 Å². The van der Waals surface area contributed by atoms with Gasteiger partial charge in [0.15, 0.2) is 5.13 Å². The second kappa shape index (κ2) is 9.19. The molecule has 0 spiro atoms. The lowest BCUT2D eigenvalue weighted by Crippen LogP contribution is -2.29. The molecule has 3 N–H and O–H groups in total. The number of amides is 1. The first-order chi connectivity index (χ1) is 11.7. The van der Waals surface area contributed by atoms with Crippen molar-refractivity contribution in [2.75, 3.05) is 29.9 Å². The number of nitrogens with zero attached hydrogens (tertiary/aromatic N) is 2. The molecule has 2 atom stereocenters. The SMILES string of the molecule is Cl.Cl.NC[C@H]1CC[C@@H](C(=O)Nc2ccc3nc(N4CCCC4)sc3c2)O1. The summed E-state index contributed by atoms with van der Waals surface area (Å²) in [7, 11) is 0. The van der Waals surface area contributed by atoms with Crippen LogP contribution >= 0.6 is 36.2 Å². The maximum absolute atomic E-state index is 12.3. The quantitative estimate of drug-likeness (QED) is 0.796. The Morgan fingerprint density at radius 3 is 2.77 bits per heavy atom. The number of anilines is 2. The number of nitrogens with two attached hydrogens (primary N) is 1. The summed E-state index contributed by atoms with van der Waals surface area (Å²) in [5, 5.41) is 4.04. The summed E-state index contributed by atoms with van der Waals surface area (Å²) in [4.78, 5) is 19.4. The highest BCUT2D eigenvalue weighted by Crippen LogP contribution is 2.32. The van der Waals surface area contributed by atoms with Gasteiger partial charge in [0.1, 0.15) is 6.10 Å². The summed E-state index contributed by atoms with van der Waals surface area (Å²) in [5.41, 5.74) is 7.38. The molecule has 1 aromatic carbocycles. The zero-order valence-electron chi connectivity index (χ0n) is 14.3. The minimum atomic E-state index is -0.393. The molecule has 0 unspecified atom stereocenters. The maximum Gasteiger partial charge on any atom is 0.253 e. The fourth-order valence-electron chi connectivity index (χ4n) is 3.33. The van der Waals surface area contributed by atoms with E-state index in [-0.39, 0.29) is 36.8 Å². The molecule has 3 heterocycles. The third-order valence-corrected chi connectivity index (χ3v) is 5.76. The Hall–Kier alpha value is -1.12. The van der Waals surface area contributed by atoms with Crippen LogP contribution in [0.3, 0.4) is 0 Å². The summed E-state index contributed by atoms with van der Waals surface area (Å²) < 4.78 is 6.75. The van der Waals surface area contributed by atoms with Crippen molar-refractivity contribution in [1.82, 2.24) is 4.98 Å². The molecule has 4 rings (SSSR count). The van der Waals surface area contributed by atoms with Gasteiger partial charge in [-0.05, 0) is 43.9 Å². The number of aromatic nitrogens is 1. The van der Waals surface area contributed by atoms with Gasteiger partial charge in [-0.1, -0.05) is 11.3 Å². The fraction of sp³-hybridized carbons (Fsp3) is 0.529. The molecule has 0 aliphatic carbocycles. The smallest absolute Gasteiger partial charge is 0.253 e. The lowest BCUT2D eigenvalue weighted by molar-refractivity contribution is -0.126. The predicted octanol–water partition coefficient (Wildman–Crippen LogP) is 3.18. The number of nitrogens with one attached hydrogen (secondary N) is 1. The van der Waals surface area contributed by atoms with E-state index in [0.29, 0.717) is 6.54 Å². The van der Waals surface area contributed by atoms with Crippen LogP contribution in [0.15, 0.2) is 18.2 Å². The number of fused-ring (bicyclic) bond motifs is 1. The van der Waals surface area contributed by atoms with Gasteiger partial charge < -0.3 is 20.7 Å². The van der Waals surface area contributed by atoms with Gasteiger partial charge in [-0.2, -0.15) is 0 Å². The van der Waals surface area contributed by atoms with Crippen LogP contribution in [-0.4, -0.2) is 42.7 Å². The van der Waals surface area contributed by atoms with Crippen molar-refractivity contribution in [3.63, 3.8) is 0 Å². The first kappa shape index (κ1) is 21.2. The average molecular weight is 419 g/mol. The standard InChI is InChI=1S/C17H22N4O2S.2ClH/c18-10-12-4-6-14(23-12)16(22)19-11-3-5-13-15(9-11)24-17(20-13)21-7-1-2-8-21;;/h3,5,9,12,14H,1-2,4,6-8,10,18H2,(H,19,22);2*1H/t12-,14+;;/m1../s1. The van der Waals surface area contributed by atoms with E-state index in [1.807, 2.05) is 18.2 Å². The molecule has 1 aromatic heterocycles. The monoisotopic (exact) mass is 418 g/mol. The molecule has 0 bridgehead atoms. The maximum atomic E-state index is 12.3. The molecule has 2 aromatic rings. The molecule has 0 saturated carbocycles. The van der Waals surface area contributed by atoms with Crippen molar-refractivity contribution in [3.05, 3.63) is 18.2 Å². The van der Waals surface area contributed by atoms with Crippen LogP contribution < -0.4 is 16.0 Å². The van der Waals surface area contributed by atoms with E-state index in [2.05, 4.69) is 10.2 Å². The Bertz CT molecular complexity index is 751. The molecule has 2 saturated heterocycles. The normalized spacial score (nSPS) is 22.1. The minimum Gasteiger partial charge on any atom is -0.364 e. The van der Waals surface area contributed by atoms with E-state index in [0.717, 1.165) is 47.0 Å². The Kier molecular flexibility index (Phi) is 7.49. The van der Waals surface area contributed by atoms with Crippen molar-refractivity contribution in [2.45, 2.75) is 37.9 Å². The van der Waals surface area contributed by atoms with Crippen molar-refractivity contribution >= 4 is 63.1 Å². The van der Waals surface area contributed by atoms with Crippen molar-refractivity contribution in [2.24, 2.45) is 5.73 Å². The largest absolute Gasteiger partial charge is 0.364 e. The van der Waals surface area contributed by atoms with Crippen molar-refractivity contribution in [1.29, 1.82) is 0 Å². The number of carbonyl (C=O) groups is 1. The summed E-state index contributed by atoms with van der Waals surface area (Å²) in [6, 6.07) is 5.88. The zero-order valence-corrected chi connectivity index (χ0v) is 16.8. The second-order valence-electron chi connectivity index (χ2n) is 6.42. The molecule has 144 valence electrons. The third kappa shape index (κ3) is 4.40. The molecule has 1 amide bonds. The number of benzene rings is 1. The molecule has 2 aliphatic heterocycles. The van der Waals surface area contributed by atoms with Crippen LogP contribution in [0.1, 0.15) is 25.7 Å². The van der Waals surface area contributed by atoms with Gasteiger partial charge in [-0.3, -0.25) is 4.79 Å². The van der Waals surface area contributed by atoms with Crippen LogP contribution in [0.2, 0.25) is 0 Å². The number of carbonyl (C=O) groups excluding carboxylic acids is 1. The molecule has 0 radical (unpaired) electrons. The highest BCUT2D eigenvalue weighted by molar-refractivity contribution is 7.22. The first-order valence-electron chi connectivity index (χ1n) is 8.55. The minimum absolute atomic E-state index is 0. The number of hydrogen-bond donors (Lipinski definition) is 2. The molecule has 2 aliphatic rings. The van der Waals surface area contributed by atoms with Gasteiger partial charge in [-0.25, -0.2) is 4.98 Å². The third-order valence-electron chi connectivity index (χ3n) is 4.68. The van der Waals surface area contributed by atoms with Crippen LogP contribution in [0.5, 0.6) is 0 Å². The number of rotatable bonds is 4. The summed E-state index contributed by atoms with van der Waals surface area (Å²) in [5.74, 6) is -0.0884. The summed E-state index contributed by atoms with van der Waals surface area (Å²) >= 11 is 1.69. The lowest BCUT2D eigenvalue weighted by Gasteiger charge is -2.12. The van der Waals surface area contributed by atoms with E-state index in [1.54, 1.807) is 11.3 Å². The highest BCUT2D eigenvalue weighted by atomic mass is 35.5. The van der Waals surface area contributed by atoms with Crippen LogP contribution in [0.25, 0.3) is 10.2 Å².